The van der Waals surface area contributed by atoms with Crippen LogP contribution >= 0.6 is 11.6 Å². The normalized spacial score (nSPS) is 17.0. The van der Waals surface area contributed by atoms with Gasteiger partial charge in [0.25, 0.3) is 5.56 Å². The summed E-state index contributed by atoms with van der Waals surface area (Å²) in [4.78, 5) is 17.9. The Kier molecular flexibility index (Phi) is 5.79. The molecule has 1 saturated heterocycles. The molecule has 0 atom stereocenters. The van der Waals surface area contributed by atoms with Crippen LogP contribution in [-0.2, 0) is 18.3 Å². The highest BCUT2D eigenvalue weighted by molar-refractivity contribution is 6.30. The molecule has 36 heavy (non-hydrogen) atoms. The molecule has 12 heteroatoms. The van der Waals surface area contributed by atoms with Crippen molar-refractivity contribution < 1.29 is 26.7 Å². The molecular formula is C24H18ClF5N4O2. The quantitative estimate of drug-likeness (QED) is 0.342. The number of benzene rings is 1. The van der Waals surface area contributed by atoms with Crippen LogP contribution in [0.25, 0.3) is 22.2 Å². The minimum Gasteiger partial charge on any atom is -0.353 e. The molecule has 0 N–H and O–H groups in total. The number of aromatic nitrogens is 3. The van der Waals surface area contributed by atoms with Gasteiger partial charge in [-0.15, -0.1) is 0 Å². The average Bonchev–Trinajstić information content (AvgIpc) is 3.12. The number of hydrogen-bond donors (Lipinski definition) is 0. The van der Waals surface area contributed by atoms with Crippen LogP contribution in [-0.4, -0.2) is 39.4 Å². The first-order chi connectivity index (χ1) is 16.9. The van der Waals surface area contributed by atoms with E-state index in [1.165, 1.54) is 41.2 Å². The zero-order valence-electron chi connectivity index (χ0n) is 18.7. The minimum atomic E-state index is -4.04. The van der Waals surface area contributed by atoms with Crippen LogP contribution in [0.15, 0.2) is 59.8 Å². The van der Waals surface area contributed by atoms with E-state index >= 15 is 0 Å². The number of halogens is 6. The summed E-state index contributed by atoms with van der Waals surface area (Å²) in [5.41, 5.74) is 1.39. The molecule has 0 aliphatic carbocycles. The van der Waals surface area contributed by atoms with Gasteiger partial charge in [0.2, 0.25) is 0 Å². The molecule has 6 nitrogen and oxygen atoms in total. The Labute approximate surface area is 206 Å². The van der Waals surface area contributed by atoms with Crippen LogP contribution in [0, 0.1) is 5.82 Å². The first-order valence-corrected chi connectivity index (χ1v) is 11.1. The molecule has 5 rings (SSSR count). The van der Waals surface area contributed by atoms with E-state index in [1.54, 1.807) is 29.9 Å². The lowest BCUT2D eigenvalue weighted by atomic mass is 10.1. The van der Waals surface area contributed by atoms with Crippen molar-refractivity contribution in [1.29, 1.82) is 0 Å². The van der Waals surface area contributed by atoms with Gasteiger partial charge < -0.3 is 14.0 Å². The number of nitrogens with zero attached hydrogens (tertiary/aromatic N) is 4. The van der Waals surface area contributed by atoms with E-state index in [0.29, 0.717) is 22.2 Å². The van der Waals surface area contributed by atoms with Gasteiger partial charge in [-0.25, -0.2) is 9.37 Å². The number of alkyl halides is 4. The Morgan fingerprint density at radius 1 is 1.11 bits per heavy atom. The molecule has 0 unspecified atom stereocenters. The Balaban J connectivity index is 1.51. The van der Waals surface area contributed by atoms with Gasteiger partial charge in [0.05, 0.1) is 23.5 Å². The van der Waals surface area contributed by atoms with E-state index in [1.807, 2.05) is 0 Å². The van der Waals surface area contributed by atoms with Crippen molar-refractivity contribution in [1.82, 2.24) is 14.1 Å². The Morgan fingerprint density at radius 2 is 1.83 bits per heavy atom. The molecule has 4 heterocycles. The molecule has 4 aromatic rings. The summed E-state index contributed by atoms with van der Waals surface area (Å²) in [7, 11) is 1.71. The number of anilines is 1. The lowest BCUT2D eigenvalue weighted by Gasteiger charge is -2.37. The fourth-order valence-corrected chi connectivity index (χ4v) is 4.47. The van der Waals surface area contributed by atoms with Crippen LogP contribution in [0.5, 0.6) is 0 Å². The van der Waals surface area contributed by atoms with E-state index in [4.69, 9.17) is 11.6 Å². The third kappa shape index (κ3) is 4.56. The number of fused-ring (bicyclic) bond motifs is 1. The summed E-state index contributed by atoms with van der Waals surface area (Å²) in [5.74, 6) is -0.609. The first-order valence-electron chi connectivity index (χ1n) is 10.7. The first kappa shape index (κ1) is 24.3. The average molecular weight is 525 g/mol. The summed E-state index contributed by atoms with van der Waals surface area (Å²) in [5, 5.41) is 0.429. The lowest BCUT2D eigenvalue weighted by molar-refractivity contribution is -0.380. The van der Waals surface area contributed by atoms with Gasteiger partial charge >= 0.3 is 12.2 Å². The summed E-state index contributed by atoms with van der Waals surface area (Å²) in [6.45, 7) is -2.16. The summed E-state index contributed by atoms with van der Waals surface area (Å²) in [6, 6.07) is 8.98. The number of pyridine rings is 2. The number of rotatable bonds is 4. The fourth-order valence-electron chi connectivity index (χ4n) is 4.28. The van der Waals surface area contributed by atoms with Crippen molar-refractivity contribution in [3.8, 4) is 11.1 Å². The molecule has 0 saturated carbocycles. The van der Waals surface area contributed by atoms with Gasteiger partial charge in [-0.1, -0.05) is 23.7 Å². The van der Waals surface area contributed by atoms with Crippen molar-refractivity contribution >= 4 is 28.3 Å². The van der Waals surface area contributed by atoms with Gasteiger partial charge in [-0.2, -0.15) is 17.6 Å². The predicted molar refractivity (Wildman–Crippen MR) is 124 cm³/mol. The number of ether oxygens (including phenoxy) is 1. The standard InChI is InChI=1S/C24H18ClF5N4O2/c1-32-11-18(14-5-6-33(20(35)7-14)10-15-3-2-4-19(25)21(15)26)17-8-16(9-31-22(17)32)34-12-23(27,28)36-24(29,30)13-34/h2-9,11H,10,12-13H2,1H3. The maximum Gasteiger partial charge on any atom is 0.377 e. The molecule has 1 aliphatic heterocycles. The van der Waals surface area contributed by atoms with Crippen molar-refractivity contribution in [3.63, 3.8) is 0 Å². The van der Waals surface area contributed by atoms with Crippen molar-refractivity contribution in [2.75, 3.05) is 18.0 Å². The van der Waals surface area contributed by atoms with E-state index in [0.717, 1.165) is 4.90 Å². The van der Waals surface area contributed by atoms with E-state index < -0.39 is 36.7 Å². The summed E-state index contributed by atoms with van der Waals surface area (Å²) < 4.78 is 75.8. The zero-order valence-corrected chi connectivity index (χ0v) is 19.4. The van der Waals surface area contributed by atoms with Gasteiger partial charge in [-0.05, 0) is 23.8 Å². The second kappa shape index (κ2) is 8.59. The summed E-state index contributed by atoms with van der Waals surface area (Å²) >= 11 is 5.82. The molecule has 0 spiro atoms. The molecular weight excluding hydrogens is 507 g/mol. The third-order valence-electron chi connectivity index (χ3n) is 5.89. The number of aryl methyl sites for hydroxylation is 1. The number of morpholine rings is 1. The Morgan fingerprint density at radius 3 is 2.53 bits per heavy atom. The second-order valence-electron chi connectivity index (χ2n) is 8.55. The predicted octanol–water partition coefficient (Wildman–Crippen LogP) is 5.27. The Hall–Kier alpha value is -3.44. The molecule has 3 aromatic heterocycles. The van der Waals surface area contributed by atoms with Gasteiger partial charge in [0.1, 0.15) is 24.6 Å². The minimum absolute atomic E-state index is 0.0355. The van der Waals surface area contributed by atoms with Crippen LogP contribution in [0.3, 0.4) is 0 Å². The van der Waals surface area contributed by atoms with Gasteiger partial charge in [-0.3, -0.25) is 9.53 Å². The highest BCUT2D eigenvalue weighted by atomic mass is 35.5. The maximum atomic E-state index is 14.3. The van der Waals surface area contributed by atoms with Crippen LogP contribution in [0.1, 0.15) is 5.56 Å². The summed E-state index contributed by atoms with van der Waals surface area (Å²) in [6.07, 6.45) is -3.65. The monoisotopic (exact) mass is 524 g/mol. The molecule has 1 aliphatic rings. The third-order valence-corrected chi connectivity index (χ3v) is 6.18. The van der Waals surface area contributed by atoms with Crippen molar-refractivity contribution in [3.05, 3.63) is 81.7 Å². The molecule has 188 valence electrons. The van der Waals surface area contributed by atoms with Crippen LogP contribution in [0.4, 0.5) is 27.6 Å². The van der Waals surface area contributed by atoms with Crippen LogP contribution < -0.4 is 10.5 Å². The van der Waals surface area contributed by atoms with E-state index in [9.17, 15) is 26.7 Å². The highest BCUT2D eigenvalue weighted by Crippen LogP contribution is 2.37. The second-order valence-corrected chi connectivity index (χ2v) is 8.95. The highest BCUT2D eigenvalue weighted by Gasteiger charge is 2.51. The van der Waals surface area contributed by atoms with E-state index in [-0.39, 0.29) is 22.8 Å². The largest absolute Gasteiger partial charge is 0.377 e. The van der Waals surface area contributed by atoms with E-state index in [2.05, 4.69) is 9.72 Å². The molecule has 0 radical (unpaired) electrons. The molecule has 0 bridgehead atoms. The molecule has 1 aromatic carbocycles. The molecule has 1 fully saturated rings. The maximum absolute atomic E-state index is 14.3. The smallest absolute Gasteiger partial charge is 0.353 e. The van der Waals surface area contributed by atoms with Gasteiger partial charge in [0.15, 0.2) is 0 Å². The molecule has 0 amide bonds. The van der Waals surface area contributed by atoms with Gasteiger partial charge in [0, 0.05) is 42.0 Å². The fraction of sp³-hybridized carbons (Fsp3) is 0.250. The SMILES string of the molecule is Cn1cc(-c2ccn(Cc3cccc(Cl)c3F)c(=O)c2)c2cc(N3CC(F)(F)OC(F)(F)C3)cnc21. The van der Waals surface area contributed by atoms with Crippen molar-refractivity contribution in [2.45, 2.75) is 18.8 Å². The lowest BCUT2D eigenvalue weighted by Crippen LogP contribution is -2.55. The topological polar surface area (TPSA) is 52.3 Å². The Bertz CT molecular complexity index is 1520. The number of hydrogen-bond acceptors (Lipinski definition) is 4. The van der Waals surface area contributed by atoms with Crippen molar-refractivity contribution in [2.24, 2.45) is 7.05 Å². The zero-order chi connectivity index (χ0) is 25.8. The van der Waals surface area contributed by atoms with Crippen LogP contribution in [0.2, 0.25) is 5.02 Å².